The molecule has 0 unspecified atom stereocenters. The van der Waals surface area contributed by atoms with E-state index in [-0.39, 0.29) is 0 Å². The van der Waals surface area contributed by atoms with Crippen molar-refractivity contribution in [2.24, 2.45) is 5.10 Å². The molecule has 0 aliphatic carbocycles. The van der Waals surface area contributed by atoms with Crippen molar-refractivity contribution in [1.29, 1.82) is 0 Å². The molecule has 138 valence electrons. The van der Waals surface area contributed by atoms with Gasteiger partial charge >= 0.3 is 0 Å². The van der Waals surface area contributed by atoms with E-state index in [0.29, 0.717) is 11.5 Å². The molecule has 0 bridgehead atoms. The Morgan fingerprint density at radius 3 is 1.89 bits per heavy atom. The lowest BCUT2D eigenvalue weighted by atomic mass is 10.2. The van der Waals surface area contributed by atoms with Crippen molar-refractivity contribution in [3.05, 3.63) is 114 Å². The SMILES string of the molecule is O=P1(N/N=C\c2ccncc2)C=C(c2ccccc2)OC(c2ccccc2)=C1. The summed E-state index contributed by atoms with van der Waals surface area (Å²) in [4.78, 5) is 3.97. The molecular weight excluding hydrogens is 369 g/mol. The largest absolute Gasteiger partial charge is 0.456 e. The van der Waals surface area contributed by atoms with Gasteiger partial charge in [-0.3, -0.25) is 14.7 Å². The summed E-state index contributed by atoms with van der Waals surface area (Å²) >= 11 is 0. The number of pyridine rings is 1. The summed E-state index contributed by atoms with van der Waals surface area (Å²) in [6, 6.07) is 22.8. The number of hydrogen-bond acceptors (Lipinski definition) is 4. The van der Waals surface area contributed by atoms with Crippen LogP contribution in [0.1, 0.15) is 16.7 Å². The third-order valence-electron chi connectivity index (χ3n) is 4.09. The molecule has 1 aliphatic heterocycles. The lowest BCUT2D eigenvalue weighted by molar-refractivity contribution is 0.468. The average Bonchev–Trinajstić information content (AvgIpc) is 2.75. The number of ether oxygens (including phenoxy) is 1. The number of nitrogens with zero attached hydrogens (tertiary/aromatic N) is 2. The molecule has 1 aromatic heterocycles. The second kappa shape index (κ2) is 8.07. The topological polar surface area (TPSA) is 63.6 Å². The Morgan fingerprint density at radius 2 is 1.36 bits per heavy atom. The Labute approximate surface area is 163 Å². The van der Waals surface area contributed by atoms with E-state index in [4.69, 9.17) is 4.74 Å². The summed E-state index contributed by atoms with van der Waals surface area (Å²) in [5.41, 5.74) is 2.57. The number of rotatable bonds is 5. The summed E-state index contributed by atoms with van der Waals surface area (Å²) in [6.45, 7) is 0. The van der Waals surface area contributed by atoms with Crippen LogP contribution in [0.4, 0.5) is 0 Å². The Kier molecular flexibility index (Phi) is 5.18. The third kappa shape index (κ3) is 4.27. The van der Waals surface area contributed by atoms with Crippen LogP contribution in [-0.4, -0.2) is 11.2 Å². The fourth-order valence-electron chi connectivity index (χ4n) is 2.73. The molecule has 1 aliphatic rings. The molecule has 0 radical (unpaired) electrons. The van der Waals surface area contributed by atoms with Crippen LogP contribution in [0.25, 0.3) is 11.5 Å². The molecule has 0 saturated heterocycles. The summed E-state index contributed by atoms with van der Waals surface area (Å²) in [5, 5.41) is 7.00. The highest BCUT2D eigenvalue weighted by Gasteiger charge is 2.26. The fraction of sp³-hybridized carbons (Fsp3) is 0. The second-order valence-corrected chi connectivity index (χ2v) is 8.30. The van der Waals surface area contributed by atoms with Gasteiger partial charge in [-0.05, 0) is 17.7 Å². The first-order valence-electron chi connectivity index (χ1n) is 8.76. The van der Waals surface area contributed by atoms with E-state index in [1.807, 2.05) is 72.8 Å². The van der Waals surface area contributed by atoms with Crippen molar-refractivity contribution in [2.75, 3.05) is 0 Å². The lowest BCUT2D eigenvalue weighted by Crippen LogP contribution is -2.06. The van der Waals surface area contributed by atoms with Crippen LogP contribution in [0, 0.1) is 0 Å². The zero-order valence-corrected chi connectivity index (χ0v) is 15.9. The first-order valence-corrected chi connectivity index (χ1v) is 10.6. The second-order valence-electron chi connectivity index (χ2n) is 6.17. The van der Waals surface area contributed by atoms with Crippen LogP contribution in [-0.2, 0) is 9.30 Å². The number of hydrazone groups is 1. The Balaban J connectivity index is 1.67. The molecular formula is C22H18N3O2P. The average molecular weight is 387 g/mol. The van der Waals surface area contributed by atoms with Crippen LogP contribution in [0.3, 0.4) is 0 Å². The van der Waals surface area contributed by atoms with Crippen LogP contribution in [0.15, 0.2) is 102 Å². The van der Waals surface area contributed by atoms with Crippen LogP contribution < -0.4 is 5.20 Å². The summed E-state index contributed by atoms with van der Waals surface area (Å²) in [5.74, 6) is 4.30. The van der Waals surface area contributed by atoms with Crippen molar-refractivity contribution >= 4 is 25.0 Å². The van der Waals surface area contributed by atoms with E-state index >= 15 is 0 Å². The maximum absolute atomic E-state index is 13.5. The summed E-state index contributed by atoms with van der Waals surface area (Å²) in [7, 11) is -3.11. The molecule has 3 aromatic rings. The van der Waals surface area contributed by atoms with Gasteiger partial charge in [-0.2, -0.15) is 5.10 Å². The fourth-order valence-corrected chi connectivity index (χ4v) is 4.26. The van der Waals surface area contributed by atoms with Gasteiger partial charge < -0.3 is 4.74 Å². The van der Waals surface area contributed by atoms with Gasteiger partial charge in [0.15, 0.2) is 0 Å². The minimum absolute atomic E-state index is 0.539. The van der Waals surface area contributed by atoms with E-state index in [1.54, 1.807) is 30.2 Å². The minimum atomic E-state index is -3.11. The predicted octanol–water partition coefficient (Wildman–Crippen LogP) is 5.31. The summed E-state index contributed by atoms with van der Waals surface area (Å²) < 4.78 is 19.6. The molecule has 28 heavy (non-hydrogen) atoms. The highest BCUT2D eigenvalue weighted by Crippen LogP contribution is 2.53. The van der Waals surface area contributed by atoms with Crippen molar-refractivity contribution < 1.29 is 9.30 Å². The third-order valence-corrected chi connectivity index (χ3v) is 5.75. The zero-order chi connectivity index (χ0) is 19.2. The molecule has 5 nitrogen and oxygen atoms in total. The molecule has 0 fully saturated rings. The highest BCUT2D eigenvalue weighted by atomic mass is 31.2. The molecule has 0 atom stereocenters. The van der Waals surface area contributed by atoms with Gasteiger partial charge in [-0.1, -0.05) is 60.7 Å². The number of aromatic nitrogens is 1. The molecule has 1 N–H and O–H groups in total. The lowest BCUT2D eigenvalue weighted by Gasteiger charge is -2.22. The summed E-state index contributed by atoms with van der Waals surface area (Å²) in [6.07, 6.45) is 4.97. The maximum Gasteiger partial charge on any atom is 0.235 e. The Morgan fingerprint density at radius 1 is 0.821 bits per heavy atom. The zero-order valence-electron chi connectivity index (χ0n) is 15.0. The maximum atomic E-state index is 13.5. The quantitative estimate of drug-likeness (QED) is 0.366. The van der Waals surface area contributed by atoms with Gasteiger partial charge in [0.25, 0.3) is 0 Å². The van der Waals surface area contributed by atoms with Crippen molar-refractivity contribution in [3.63, 3.8) is 0 Å². The van der Waals surface area contributed by atoms with Gasteiger partial charge in [0.05, 0.1) is 6.21 Å². The number of hydrogen-bond donors (Lipinski definition) is 1. The van der Waals surface area contributed by atoms with E-state index in [9.17, 15) is 4.57 Å². The van der Waals surface area contributed by atoms with E-state index < -0.39 is 7.29 Å². The van der Waals surface area contributed by atoms with Crippen molar-refractivity contribution in [3.8, 4) is 0 Å². The highest BCUT2D eigenvalue weighted by molar-refractivity contribution is 7.68. The van der Waals surface area contributed by atoms with Gasteiger partial charge in [-0.15, -0.1) is 0 Å². The first-order chi connectivity index (χ1) is 13.7. The molecule has 6 heteroatoms. The van der Waals surface area contributed by atoms with Crippen molar-refractivity contribution in [1.82, 2.24) is 10.2 Å². The standard InChI is InChI=1S/C22H18N3O2P/c26-28(25-24-15-18-11-13-23-14-12-18)16-21(19-7-3-1-4-8-19)27-22(17-28)20-9-5-2-6-10-20/h1-17H,(H,25,26)/b24-15-. The molecule has 0 amide bonds. The number of benzene rings is 2. The van der Waals surface area contributed by atoms with Gasteiger partial charge in [-0.25, -0.2) is 0 Å². The van der Waals surface area contributed by atoms with E-state index in [0.717, 1.165) is 16.7 Å². The molecule has 0 saturated carbocycles. The monoisotopic (exact) mass is 387 g/mol. The Hall–Kier alpha value is -3.43. The van der Waals surface area contributed by atoms with Gasteiger partial charge in [0.1, 0.15) is 11.5 Å². The van der Waals surface area contributed by atoms with Crippen LogP contribution in [0.2, 0.25) is 0 Å². The number of nitrogens with one attached hydrogen (secondary N) is 1. The molecule has 2 aromatic carbocycles. The Bertz CT molecular complexity index is 1020. The van der Waals surface area contributed by atoms with Gasteiger partial charge in [0.2, 0.25) is 7.29 Å². The molecule has 0 spiro atoms. The normalized spacial score (nSPS) is 15.4. The van der Waals surface area contributed by atoms with E-state index in [2.05, 4.69) is 15.3 Å². The van der Waals surface area contributed by atoms with Crippen molar-refractivity contribution in [2.45, 2.75) is 0 Å². The first kappa shape index (κ1) is 18.0. The van der Waals surface area contributed by atoms with E-state index in [1.165, 1.54) is 0 Å². The molecule has 2 heterocycles. The smallest absolute Gasteiger partial charge is 0.235 e. The molecule has 4 rings (SSSR count). The predicted molar refractivity (Wildman–Crippen MR) is 112 cm³/mol. The van der Waals surface area contributed by atoms with Crippen LogP contribution >= 0.6 is 7.29 Å². The minimum Gasteiger partial charge on any atom is -0.456 e. The van der Waals surface area contributed by atoms with Gasteiger partial charge in [0, 0.05) is 35.2 Å². The van der Waals surface area contributed by atoms with Crippen LogP contribution in [0.5, 0.6) is 0 Å².